The van der Waals surface area contributed by atoms with E-state index in [0.717, 1.165) is 24.3 Å². The first-order valence-electron chi connectivity index (χ1n) is 6.93. The number of benzene rings is 2. The highest BCUT2D eigenvalue weighted by atomic mass is 19.1. The van der Waals surface area contributed by atoms with Crippen molar-refractivity contribution in [2.45, 2.75) is 12.8 Å². The van der Waals surface area contributed by atoms with Crippen LogP contribution >= 0.6 is 0 Å². The zero-order chi connectivity index (χ0) is 14.9. The molecule has 2 rings (SSSR count). The second-order valence-corrected chi connectivity index (χ2v) is 4.53. The van der Waals surface area contributed by atoms with E-state index in [9.17, 15) is 4.39 Å². The Hall–Kier alpha value is -2.23. The summed E-state index contributed by atoms with van der Waals surface area (Å²) in [4.78, 5) is 0. The largest absolute Gasteiger partial charge is 0.497 e. The smallest absolute Gasteiger partial charge is 0.123 e. The number of hydrogen-bond acceptors (Lipinski definition) is 3. The third-order valence-corrected chi connectivity index (χ3v) is 2.95. The summed E-state index contributed by atoms with van der Waals surface area (Å²) in [5, 5.41) is 0. The van der Waals surface area contributed by atoms with E-state index in [4.69, 9.17) is 14.2 Å². The molecule has 0 unspecified atom stereocenters. The van der Waals surface area contributed by atoms with Crippen LogP contribution in [-0.4, -0.2) is 20.3 Å². The van der Waals surface area contributed by atoms with Gasteiger partial charge in [-0.2, -0.15) is 0 Å². The predicted molar refractivity (Wildman–Crippen MR) is 79.6 cm³/mol. The molecule has 0 aromatic heterocycles. The number of hydrogen-bond donors (Lipinski definition) is 0. The van der Waals surface area contributed by atoms with Crippen LogP contribution in [0, 0.1) is 5.82 Å². The Morgan fingerprint density at radius 2 is 1.14 bits per heavy atom. The summed E-state index contributed by atoms with van der Waals surface area (Å²) in [6.07, 6.45) is 1.78. The highest BCUT2D eigenvalue weighted by Crippen LogP contribution is 2.17. The minimum atomic E-state index is -0.254. The van der Waals surface area contributed by atoms with Crippen molar-refractivity contribution in [1.82, 2.24) is 0 Å². The van der Waals surface area contributed by atoms with Crippen molar-refractivity contribution in [1.29, 1.82) is 0 Å². The van der Waals surface area contributed by atoms with E-state index < -0.39 is 0 Å². The number of unbranched alkanes of at least 4 members (excludes halogenated alkanes) is 1. The van der Waals surface area contributed by atoms with Gasteiger partial charge in [-0.05, 0) is 61.4 Å². The SMILES string of the molecule is COc1ccc(OCCCCOc2ccc(F)cc2)cc1. The van der Waals surface area contributed by atoms with E-state index in [0.29, 0.717) is 19.0 Å². The van der Waals surface area contributed by atoms with Crippen molar-refractivity contribution in [3.8, 4) is 17.2 Å². The summed E-state index contributed by atoms with van der Waals surface area (Å²) in [7, 11) is 1.64. The fourth-order valence-corrected chi connectivity index (χ4v) is 1.79. The van der Waals surface area contributed by atoms with Crippen LogP contribution in [0.5, 0.6) is 17.2 Å². The van der Waals surface area contributed by atoms with Crippen molar-refractivity contribution in [2.24, 2.45) is 0 Å². The Kier molecular flexibility index (Phi) is 5.88. The first-order valence-corrected chi connectivity index (χ1v) is 6.93. The van der Waals surface area contributed by atoms with Crippen LogP contribution in [0.15, 0.2) is 48.5 Å². The zero-order valence-electron chi connectivity index (χ0n) is 12.0. The van der Waals surface area contributed by atoms with Gasteiger partial charge in [-0.1, -0.05) is 0 Å². The minimum absolute atomic E-state index is 0.254. The number of ether oxygens (including phenoxy) is 3. The van der Waals surface area contributed by atoms with Gasteiger partial charge in [0.2, 0.25) is 0 Å². The fourth-order valence-electron chi connectivity index (χ4n) is 1.79. The molecule has 0 N–H and O–H groups in total. The second-order valence-electron chi connectivity index (χ2n) is 4.53. The standard InChI is InChI=1S/C17H19FO3/c1-19-15-8-10-17(11-9-15)21-13-3-2-12-20-16-6-4-14(18)5-7-16/h4-11H,2-3,12-13H2,1H3. The van der Waals surface area contributed by atoms with Gasteiger partial charge in [0.1, 0.15) is 23.1 Å². The topological polar surface area (TPSA) is 27.7 Å². The Labute approximate surface area is 124 Å². The van der Waals surface area contributed by atoms with Gasteiger partial charge in [0, 0.05) is 0 Å². The molecule has 4 heteroatoms. The summed E-state index contributed by atoms with van der Waals surface area (Å²) < 4.78 is 28.9. The van der Waals surface area contributed by atoms with Crippen LogP contribution in [0.3, 0.4) is 0 Å². The summed E-state index contributed by atoms with van der Waals surface area (Å²) >= 11 is 0. The molecule has 21 heavy (non-hydrogen) atoms. The molecule has 0 spiro atoms. The zero-order valence-corrected chi connectivity index (χ0v) is 12.0. The maximum atomic E-state index is 12.7. The van der Waals surface area contributed by atoms with Crippen molar-refractivity contribution in [3.63, 3.8) is 0 Å². The summed E-state index contributed by atoms with van der Waals surface area (Å²) in [6, 6.07) is 13.5. The van der Waals surface area contributed by atoms with Gasteiger partial charge in [-0.15, -0.1) is 0 Å². The molecule has 3 nitrogen and oxygen atoms in total. The summed E-state index contributed by atoms with van der Waals surface area (Å²) in [5.74, 6) is 2.08. The molecule has 0 radical (unpaired) electrons. The quantitative estimate of drug-likeness (QED) is 0.686. The minimum Gasteiger partial charge on any atom is -0.497 e. The van der Waals surface area contributed by atoms with E-state index in [2.05, 4.69) is 0 Å². The summed E-state index contributed by atoms with van der Waals surface area (Å²) in [6.45, 7) is 1.23. The first-order chi connectivity index (χ1) is 10.3. The van der Waals surface area contributed by atoms with Gasteiger partial charge < -0.3 is 14.2 Å². The Balaban J connectivity index is 1.58. The lowest BCUT2D eigenvalue weighted by molar-refractivity contribution is 0.266. The van der Waals surface area contributed by atoms with Crippen LogP contribution in [0.2, 0.25) is 0 Å². The first kappa shape index (κ1) is 15.2. The maximum Gasteiger partial charge on any atom is 0.123 e. The van der Waals surface area contributed by atoms with Gasteiger partial charge in [0.15, 0.2) is 0 Å². The molecule has 0 aliphatic carbocycles. The molecule has 0 saturated heterocycles. The number of halogens is 1. The average molecular weight is 290 g/mol. The molecule has 2 aromatic rings. The van der Waals surface area contributed by atoms with Crippen LogP contribution in [-0.2, 0) is 0 Å². The molecular formula is C17H19FO3. The molecule has 0 aliphatic heterocycles. The molecule has 0 heterocycles. The molecule has 2 aromatic carbocycles. The second kappa shape index (κ2) is 8.15. The number of methoxy groups -OCH3 is 1. The van der Waals surface area contributed by atoms with Crippen molar-refractivity contribution in [3.05, 3.63) is 54.3 Å². The van der Waals surface area contributed by atoms with E-state index in [-0.39, 0.29) is 5.82 Å². The predicted octanol–water partition coefficient (Wildman–Crippen LogP) is 4.07. The van der Waals surface area contributed by atoms with Gasteiger partial charge in [-0.25, -0.2) is 4.39 Å². The molecular weight excluding hydrogens is 271 g/mol. The van der Waals surface area contributed by atoms with E-state index in [1.807, 2.05) is 24.3 Å². The lowest BCUT2D eigenvalue weighted by atomic mass is 10.3. The molecule has 0 amide bonds. The Bertz CT molecular complexity index is 523. The van der Waals surface area contributed by atoms with Crippen LogP contribution in [0.25, 0.3) is 0 Å². The van der Waals surface area contributed by atoms with Crippen molar-refractivity contribution < 1.29 is 18.6 Å². The van der Waals surface area contributed by atoms with E-state index >= 15 is 0 Å². The Morgan fingerprint density at radius 1 is 0.714 bits per heavy atom. The average Bonchev–Trinajstić information content (AvgIpc) is 2.53. The van der Waals surface area contributed by atoms with E-state index in [1.165, 1.54) is 12.1 Å². The monoisotopic (exact) mass is 290 g/mol. The van der Waals surface area contributed by atoms with Crippen molar-refractivity contribution in [2.75, 3.05) is 20.3 Å². The van der Waals surface area contributed by atoms with Crippen LogP contribution < -0.4 is 14.2 Å². The molecule has 0 fully saturated rings. The third kappa shape index (κ3) is 5.34. The molecule has 112 valence electrons. The van der Waals surface area contributed by atoms with Crippen LogP contribution in [0.4, 0.5) is 4.39 Å². The van der Waals surface area contributed by atoms with Crippen LogP contribution in [0.1, 0.15) is 12.8 Å². The van der Waals surface area contributed by atoms with Gasteiger partial charge in [-0.3, -0.25) is 0 Å². The Morgan fingerprint density at radius 3 is 1.62 bits per heavy atom. The lowest BCUT2D eigenvalue weighted by Crippen LogP contribution is -2.02. The number of rotatable bonds is 8. The van der Waals surface area contributed by atoms with Gasteiger partial charge in [0.25, 0.3) is 0 Å². The maximum absolute atomic E-state index is 12.7. The van der Waals surface area contributed by atoms with Crippen molar-refractivity contribution >= 4 is 0 Å². The molecule has 0 bridgehead atoms. The highest BCUT2D eigenvalue weighted by molar-refractivity contribution is 5.31. The summed E-state index contributed by atoms with van der Waals surface area (Å²) in [5.41, 5.74) is 0. The fraction of sp³-hybridized carbons (Fsp3) is 0.294. The molecule has 0 saturated carbocycles. The molecule has 0 aliphatic rings. The lowest BCUT2D eigenvalue weighted by Gasteiger charge is -2.08. The normalized spacial score (nSPS) is 10.2. The highest BCUT2D eigenvalue weighted by Gasteiger charge is 1.97. The van der Waals surface area contributed by atoms with Gasteiger partial charge >= 0.3 is 0 Å². The van der Waals surface area contributed by atoms with Gasteiger partial charge in [0.05, 0.1) is 20.3 Å². The third-order valence-electron chi connectivity index (χ3n) is 2.95. The van der Waals surface area contributed by atoms with E-state index in [1.54, 1.807) is 19.2 Å². The molecule has 0 atom stereocenters.